The number of hydrogen-bond acceptors (Lipinski definition) is 4. The first-order valence-electron chi connectivity index (χ1n) is 9.84. The number of rotatable bonds is 8. The summed E-state index contributed by atoms with van der Waals surface area (Å²) in [5, 5.41) is 3.29. The van der Waals surface area contributed by atoms with E-state index in [9.17, 15) is 14.4 Å². The minimum absolute atomic E-state index is 0.0555. The Morgan fingerprint density at radius 2 is 1.52 bits per heavy atom. The van der Waals surface area contributed by atoms with Crippen LogP contribution in [0.15, 0.2) is 78.9 Å². The highest BCUT2D eigenvalue weighted by molar-refractivity contribution is 6.30. The molecular weight excluding hydrogens is 414 g/mol. The van der Waals surface area contributed by atoms with Crippen molar-refractivity contribution in [1.29, 1.82) is 0 Å². The predicted molar refractivity (Wildman–Crippen MR) is 120 cm³/mol. The lowest BCUT2D eigenvalue weighted by Crippen LogP contribution is -2.21. The molecule has 1 N–H and O–H groups in total. The van der Waals surface area contributed by atoms with Crippen molar-refractivity contribution < 1.29 is 19.1 Å². The summed E-state index contributed by atoms with van der Waals surface area (Å²) < 4.78 is 5.51. The van der Waals surface area contributed by atoms with Gasteiger partial charge in [-0.05, 0) is 30.7 Å². The van der Waals surface area contributed by atoms with Crippen LogP contribution in [0.1, 0.15) is 40.4 Å². The van der Waals surface area contributed by atoms with Crippen LogP contribution in [0.25, 0.3) is 0 Å². The van der Waals surface area contributed by atoms with E-state index in [4.69, 9.17) is 16.3 Å². The maximum atomic E-state index is 13.0. The number of amides is 1. The average Bonchev–Trinajstić information content (AvgIpc) is 2.78. The maximum Gasteiger partial charge on any atom is 0.307 e. The molecule has 0 saturated carbocycles. The number of hydrogen-bond donors (Lipinski definition) is 1. The molecule has 3 aromatic rings. The Balaban J connectivity index is 1.66. The van der Waals surface area contributed by atoms with Gasteiger partial charge < -0.3 is 10.1 Å². The van der Waals surface area contributed by atoms with Gasteiger partial charge in [0.1, 0.15) is 0 Å². The molecule has 1 amide bonds. The van der Waals surface area contributed by atoms with Crippen molar-refractivity contribution in [2.24, 2.45) is 0 Å². The van der Waals surface area contributed by atoms with Crippen LogP contribution in [-0.4, -0.2) is 17.7 Å². The zero-order valence-electron chi connectivity index (χ0n) is 17.0. The Labute approximate surface area is 186 Å². The van der Waals surface area contributed by atoms with Crippen molar-refractivity contribution >= 4 is 34.9 Å². The molecule has 0 aliphatic carbocycles. The molecule has 6 heteroatoms. The van der Waals surface area contributed by atoms with Crippen LogP contribution < -0.4 is 5.32 Å². The van der Waals surface area contributed by atoms with Gasteiger partial charge in [0.25, 0.3) is 0 Å². The number of carbonyl (C=O) groups is 3. The molecule has 0 bridgehead atoms. The summed E-state index contributed by atoms with van der Waals surface area (Å²) in [6, 6.07) is 22.5. The summed E-state index contributed by atoms with van der Waals surface area (Å²) in [7, 11) is 0. The van der Waals surface area contributed by atoms with Crippen molar-refractivity contribution in [3.05, 3.63) is 101 Å². The van der Waals surface area contributed by atoms with Crippen LogP contribution in [-0.2, 0) is 14.3 Å². The topological polar surface area (TPSA) is 72.5 Å². The zero-order chi connectivity index (χ0) is 22.2. The minimum atomic E-state index is -1.12. The van der Waals surface area contributed by atoms with E-state index in [1.807, 2.05) is 25.1 Å². The Bertz CT molecular complexity index is 1060. The number of esters is 1. The molecule has 0 radical (unpaired) electrons. The Morgan fingerprint density at radius 3 is 2.19 bits per heavy atom. The number of halogens is 1. The molecule has 0 aromatic heterocycles. The van der Waals surface area contributed by atoms with Crippen molar-refractivity contribution in [1.82, 2.24) is 0 Å². The van der Waals surface area contributed by atoms with Gasteiger partial charge in [-0.3, -0.25) is 14.4 Å². The minimum Gasteiger partial charge on any atom is -0.449 e. The van der Waals surface area contributed by atoms with Crippen molar-refractivity contribution in [2.45, 2.75) is 25.9 Å². The number of benzene rings is 3. The largest absolute Gasteiger partial charge is 0.449 e. The lowest BCUT2D eigenvalue weighted by Gasteiger charge is -2.18. The van der Waals surface area contributed by atoms with Crippen molar-refractivity contribution in [3.8, 4) is 0 Å². The number of anilines is 1. The summed E-state index contributed by atoms with van der Waals surface area (Å²) in [5.74, 6) is -1.28. The van der Waals surface area contributed by atoms with E-state index in [-0.39, 0.29) is 24.5 Å². The van der Waals surface area contributed by atoms with Crippen LogP contribution in [0.4, 0.5) is 5.69 Å². The monoisotopic (exact) mass is 435 g/mol. The number of Topliss-reactive ketones (excluding diaryl/α,β-unsaturated/α-hetero) is 1. The fourth-order valence-electron chi connectivity index (χ4n) is 3.00. The number of ether oxygens (including phenoxy) is 1. The van der Waals surface area contributed by atoms with Gasteiger partial charge in [-0.1, -0.05) is 72.3 Å². The SMILES string of the molecule is Cc1ccccc1NC(=O)CCC(=O)O[C@H](C(=O)c1ccccc1)c1ccc(Cl)cc1. The molecule has 0 fully saturated rings. The number of carbonyl (C=O) groups excluding carboxylic acids is 3. The van der Waals surface area contributed by atoms with Crippen LogP contribution in [0, 0.1) is 6.92 Å². The lowest BCUT2D eigenvalue weighted by molar-refractivity contribution is -0.148. The van der Waals surface area contributed by atoms with E-state index >= 15 is 0 Å². The van der Waals surface area contributed by atoms with Gasteiger partial charge in [0.2, 0.25) is 11.7 Å². The normalized spacial score (nSPS) is 11.4. The molecular formula is C25H22ClNO4. The molecule has 0 saturated heterocycles. The first kappa shape index (κ1) is 22.2. The summed E-state index contributed by atoms with van der Waals surface area (Å²) in [6.45, 7) is 1.88. The van der Waals surface area contributed by atoms with Gasteiger partial charge in [-0.15, -0.1) is 0 Å². The van der Waals surface area contributed by atoms with Gasteiger partial charge >= 0.3 is 5.97 Å². The van der Waals surface area contributed by atoms with Gasteiger partial charge in [-0.25, -0.2) is 0 Å². The van der Waals surface area contributed by atoms with E-state index < -0.39 is 12.1 Å². The molecule has 5 nitrogen and oxygen atoms in total. The molecule has 3 rings (SSSR count). The van der Waals surface area contributed by atoms with Crippen LogP contribution in [0.3, 0.4) is 0 Å². The van der Waals surface area contributed by atoms with E-state index in [1.165, 1.54) is 0 Å². The highest BCUT2D eigenvalue weighted by Gasteiger charge is 2.26. The standard InChI is InChI=1S/C25H22ClNO4/c1-17-7-5-6-10-21(17)27-22(28)15-16-23(29)31-25(19-11-13-20(26)14-12-19)24(30)18-8-3-2-4-9-18/h2-14,25H,15-16H2,1H3,(H,27,28)/t25-/m0/s1. The molecule has 3 aromatic carbocycles. The highest BCUT2D eigenvalue weighted by Crippen LogP contribution is 2.25. The maximum absolute atomic E-state index is 13.0. The lowest BCUT2D eigenvalue weighted by atomic mass is 10.00. The second-order valence-electron chi connectivity index (χ2n) is 7.01. The second kappa shape index (κ2) is 10.5. The van der Waals surface area contributed by atoms with E-state index in [0.717, 1.165) is 5.56 Å². The summed E-state index contributed by atoms with van der Waals surface area (Å²) in [6.07, 6.45) is -1.32. The predicted octanol–water partition coefficient (Wildman–Crippen LogP) is 5.53. The molecule has 0 aliphatic heterocycles. The van der Waals surface area contributed by atoms with Crippen LogP contribution >= 0.6 is 11.6 Å². The molecule has 1 atom stereocenters. The summed E-state index contributed by atoms with van der Waals surface area (Å²) in [4.78, 5) is 37.7. The van der Waals surface area contributed by atoms with E-state index in [2.05, 4.69) is 5.32 Å². The number of ketones is 1. The van der Waals surface area contributed by atoms with Crippen molar-refractivity contribution in [2.75, 3.05) is 5.32 Å². The Kier molecular flexibility index (Phi) is 7.57. The molecule has 0 spiro atoms. The molecule has 158 valence electrons. The Morgan fingerprint density at radius 1 is 0.871 bits per heavy atom. The van der Waals surface area contributed by atoms with Gasteiger partial charge in [0.05, 0.1) is 6.42 Å². The highest BCUT2D eigenvalue weighted by atomic mass is 35.5. The summed E-state index contributed by atoms with van der Waals surface area (Å²) >= 11 is 5.94. The first-order chi connectivity index (χ1) is 14.9. The molecule has 0 unspecified atom stereocenters. The quantitative estimate of drug-likeness (QED) is 0.372. The molecule has 31 heavy (non-hydrogen) atoms. The fraction of sp³-hybridized carbons (Fsp3) is 0.160. The van der Waals surface area contributed by atoms with Crippen LogP contribution in [0.2, 0.25) is 5.02 Å². The average molecular weight is 436 g/mol. The number of nitrogens with one attached hydrogen (secondary N) is 1. The number of aryl methyl sites for hydroxylation is 1. The second-order valence-corrected chi connectivity index (χ2v) is 7.45. The molecule has 0 aliphatic rings. The third-order valence-corrected chi connectivity index (χ3v) is 4.95. The van der Waals surface area contributed by atoms with Gasteiger partial charge in [-0.2, -0.15) is 0 Å². The van der Waals surface area contributed by atoms with E-state index in [0.29, 0.717) is 21.8 Å². The van der Waals surface area contributed by atoms with Gasteiger partial charge in [0.15, 0.2) is 6.10 Å². The third-order valence-electron chi connectivity index (χ3n) is 4.69. The fourth-order valence-corrected chi connectivity index (χ4v) is 3.12. The molecule has 0 heterocycles. The number of para-hydroxylation sites is 1. The third kappa shape index (κ3) is 6.27. The zero-order valence-corrected chi connectivity index (χ0v) is 17.8. The first-order valence-corrected chi connectivity index (χ1v) is 10.2. The smallest absolute Gasteiger partial charge is 0.307 e. The van der Waals surface area contributed by atoms with Crippen LogP contribution in [0.5, 0.6) is 0 Å². The summed E-state index contributed by atoms with van der Waals surface area (Å²) in [5.41, 5.74) is 2.55. The Hall–Kier alpha value is -3.44. The van der Waals surface area contributed by atoms with Gasteiger partial charge in [0, 0.05) is 28.3 Å². The van der Waals surface area contributed by atoms with E-state index in [1.54, 1.807) is 60.7 Å². The van der Waals surface area contributed by atoms with Crippen molar-refractivity contribution in [3.63, 3.8) is 0 Å².